The van der Waals surface area contributed by atoms with Gasteiger partial charge in [-0.1, -0.05) is 60.8 Å². The molecule has 1 atom stereocenters. The standard InChI is InChI=1S/C21H40O2/c1-8-21(14-12-10-9-11-13-15-21)23-18(22)20(7,17(2)3)16-19(4,5)6/h17H,8-16H2,1-7H3. The average Bonchev–Trinajstić information content (AvgIpc) is 2.39. The molecule has 0 spiro atoms. The van der Waals surface area contributed by atoms with Crippen molar-refractivity contribution in [2.24, 2.45) is 16.7 Å². The zero-order chi connectivity index (χ0) is 17.7. The van der Waals surface area contributed by atoms with E-state index in [1.807, 2.05) is 0 Å². The van der Waals surface area contributed by atoms with E-state index in [9.17, 15) is 4.79 Å². The summed E-state index contributed by atoms with van der Waals surface area (Å²) in [5.41, 5.74) is -0.493. The number of carbonyl (C=O) groups excluding carboxylic acids is 1. The lowest BCUT2D eigenvalue weighted by molar-refractivity contribution is -0.179. The van der Waals surface area contributed by atoms with Gasteiger partial charge in [0.25, 0.3) is 0 Å². The molecule has 2 heteroatoms. The molecule has 0 aromatic heterocycles. The second-order valence-electron chi connectivity index (χ2n) is 9.50. The van der Waals surface area contributed by atoms with Gasteiger partial charge in [0.05, 0.1) is 5.41 Å². The Hall–Kier alpha value is -0.530. The first-order valence-corrected chi connectivity index (χ1v) is 9.78. The van der Waals surface area contributed by atoms with Crippen LogP contribution < -0.4 is 0 Å². The van der Waals surface area contributed by atoms with Crippen molar-refractivity contribution >= 4 is 5.97 Å². The van der Waals surface area contributed by atoms with E-state index in [2.05, 4.69) is 48.5 Å². The van der Waals surface area contributed by atoms with Crippen molar-refractivity contribution in [3.8, 4) is 0 Å². The summed E-state index contributed by atoms with van der Waals surface area (Å²) in [6, 6.07) is 0. The van der Waals surface area contributed by atoms with Gasteiger partial charge in [0.2, 0.25) is 0 Å². The lowest BCUT2D eigenvalue weighted by atomic mass is 9.68. The third kappa shape index (κ3) is 5.80. The minimum atomic E-state index is -0.400. The van der Waals surface area contributed by atoms with E-state index < -0.39 is 5.41 Å². The highest BCUT2D eigenvalue weighted by Crippen LogP contribution is 2.43. The van der Waals surface area contributed by atoms with Gasteiger partial charge in [0, 0.05) is 0 Å². The number of hydrogen-bond acceptors (Lipinski definition) is 2. The lowest BCUT2D eigenvalue weighted by Crippen LogP contribution is -2.44. The van der Waals surface area contributed by atoms with Crippen LogP contribution in [0, 0.1) is 16.7 Å². The molecule has 0 heterocycles. The lowest BCUT2D eigenvalue weighted by Gasteiger charge is -2.42. The minimum Gasteiger partial charge on any atom is -0.459 e. The first-order chi connectivity index (χ1) is 10.5. The number of hydrogen-bond donors (Lipinski definition) is 0. The summed E-state index contributed by atoms with van der Waals surface area (Å²) in [6.45, 7) is 15.3. The SMILES string of the molecule is CCC1(OC(=O)C(C)(CC(C)(C)C)C(C)C)CCCCCCC1. The Morgan fingerprint density at radius 2 is 1.48 bits per heavy atom. The molecule has 2 nitrogen and oxygen atoms in total. The van der Waals surface area contributed by atoms with Crippen molar-refractivity contribution in [3.63, 3.8) is 0 Å². The van der Waals surface area contributed by atoms with Gasteiger partial charge < -0.3 is 4.74 Å². The van der Waals surface area contributed by atoms with Gasteiger partial charge in [0.15, 0.2) is 0 Å². The Morgan fingerprint density at radius 1 is 1.00 bits per heavy atom. The summed E-state index contributed by atoms with van der Waals surface area (Å²) in [6.07, 6.45) is 10.2. The monoisotopic (exact) mass is 324 g/mol. The zero-order valence-electron chi connectivity index (χ0n) is 16.8. The van der Waals surface area contributed by atoms with Crippen molar-refractivity contribution in [3.05, 3.63) is 0 Å². The number of ether oxygens (including phenoxy) is 1. The predicted octanol–water partition coefficient (Wildman–Crippen LogP) is 6.52. The maximum Gasteiger partial charge on any atom is 0.312 e. The van der Waals surface area contributed by atoms with Gasteiger partial charge in [-0.3, -0.25) is 4.79 Å². The summed E-state index contributed by atoms with van der Waals surface area (Å²) in [4.78, 5) is 13.2. The molecule has 1 aliphatic carbocycles. The maximum absolute atomic E-state index is 13.2. The molecule has 1 aliphatic rings. The number of esters is 1. The van der Waals surface area contributed by atoms with Gasteiger partial charge in [-0.05, 0) is 56.8 Å². The topological polar surface area (TPSA) is 26.3 Å². The summed E-state index contributed by atoms with van der Waals surface area (Å²) in [5.74, 6) is 0.321. The molecule has 0 aliphatic heterocycles. The normalized spacial score (nSPS) is 22.1. The van der Waals surface area contributed by atoms with E-state index in [1.165, 1.54) is 32.1 Å². The molecule has 1 rings (SSSR count). The van der Waals surface area contributed by atoms with E-state index in [1.54, 1.807) is 0 Å². The molecular weight excluding hydrogens is 284 g/mol. The van der Waals surface area contributed by atoms with E-state index in [-0.39, 0.29) is 22.9 Å². The van der Waals surface area contributed by atoms with E-state index in [0.29, 0.717) is 0 Å². The molecular formula is C21H40O2. The Morgan fingerprint density at radius 3 is 1.87 bits per heavy atom. The first-order valence-electron chi connectivity index (χ1n) is 9.78. The molecule has 0 aromatic carbocycles. The largest absolute Gasteiger partial charge is 0.459 e. The summed E-state index contributed by atoms with van der Waals surface area (Å²) in [7, 11) is 0. The molecule has 0 N–H and O–H groups in total. The first kappa shape index (κ1) is 20.5. The van der Waals surface area contributed by atoms with Crippen molar-refractivity contribution in [1.29, 1.82) is 0 Å². The fraction of sp³-hybridized carbons (Fsp3) is 0.952. The number of carbonyl (C=O) groups is 1. The maximum atomic E-state index is 13.2. The van der Waals surface area contributed by atoms with Crippen molar-refractivity contribution < 1.29 is 9.53 Å². The van der Waals surface area contributed by atoms with Crippen molar-refractivity contribution in [2.45, 2.75) is 112 Å². The van der Waals surface area contributed by atoms with Gasteiger partial charge in [0.1, 0.15) is 5.60 Å². The van der Waals surface area contributed by atoms with Crippen LogP contribution in [0.4, 0.5) is 0 Å². The summed E-state index contributed by atoms with van der Waals surface area (Å²) >= 11 is 0. The third-order valence-electron chi connectivity index (χ3n) is 5.86. The van der Waals surface area contributed by atoms with Crippen LogP contribution in [0.5, 0.6) is 0 Å². The molecule has 1 unspecified atom stereocenters. The summed E-state index contributed by atoms with van der Waals surface area (Å²) in [5, 5.41) is 0. The predicted molar refractivity (Wildman–Crippen MR) is 98.5 cm³/mol. The van der Waals surface area contributed by atoms with Gasteiger partial charge in [-0.15, -0.1) is 0 Å². The molecule has 23 heavy (non-hydrogen) atoms. The van der Waals surface area contributed by atoms with Gasteiger partial charge in [-0.2, -0.15) is 0 Å². The third-order valence-corrected chi connectivity index (χ3v) is 5.86. The highest BCUT2D eigenvalue weighted by atomic mass is 16.6. The van der Waals surface area contributed by atoms with Gasteiger partial charge >= 0.3 is 5.97 Å². The van der Waals surface area contributed by atoms with Crippen LogP contribution in [-0.2, 0) is 9.53 Å². The Labute approximate surface area is 144 Å². The molecule has 0 amide bonds. The van der Waals surface area contributed by atoms with Crippen LogP contribution in [0.25, 0.3) is 0 Å². The fourth-order valence-electron chi connectivity index (χ4n) is 4.00. The zero-order valence-corrected chi connectivity index (χ0v) is 16.8. The average molecular weight is 325 g/mol. The summed E-state index contributed by atoms with van der Waals surface area (Å²) < 4.78 is 6.30. The van der Waals surface area contributed by atoms with Crippen LogP contribution in [0.1, 0.15) is 106 Å². The second-order valence-corrected chi connectivity index (χ2v) is 9.50. The molecule has 1 saturated carbocycles. The van der Waals surface area contributed by atoms with E-state index in [4.69, 9.17) is 4.74 Å². The molecule has 1 fully saturated rings. The molecule has 0 saturated heterocycles. The smallest absolute Gasteiger partial charge is 0.312 e. The highest BCUT2D eigenvalue weighted by Gasteiger charge is 2.44. The van der Waals surface area contributed by atoms with Crippen molar-refractivity contribution in [1.82, 2.24) is 0 Å². The minimum absolute atomic E-state index is 0.0323. The van der Waals surface area contributed by atoms with Crippen LogP contribution in [0.3, 0.4) is 0 Å². The molecule has 136 valence electrons. The Balaban J connectivity index is 2.94. The molecule has 0 radical (unpaired) electrons. The van der Waals surface area contributed by atoms with E-state index in [0.717, 1.165) is 25.7 Å². The van der Waals surface area contributed by atoms with Crippen LogP contribution in [0.2, 0.25) is 0 Å². The van der Waals surface area contributed by atoms with Crippen LogP contribution in [0.15, 0.2) is 0 Å². The number of rotatable bonds is 5. The van der Waals surface area contributed by atoms with E-state index >= 15 is 0 Å². The van der Waals surface area contributed by atoms with Crippen LogP contribution in [-0.4, -0.2) is 11.6 Å². The molecule has 0 aromatic rings. The second kappa shape index (κ2) is 8.03. The fourth-order valence-corrected chi connectivity index (χ4v) is 4.00. The Kier molecular flexibility index (Phi) is 7.16. The Bertz CT molecular complexity index is 370. The van der Waals surface area contributed by atoms with Crippen molar-refractivity contribution in [2.75, 3.05) is 0 Å². The van der Waals surface area contributed by atoms with Gasteiger partial charge in [-0.25, -0.2) is 0 Å². The highest BCUT2D eigenvalue weighted by molar-refractivity contribution is 5.77. The van der Waals surface area contributed by atoms with Crippen LogP contribution >= 0.6 is 0 Å². The quantitative estimate of drug-likeness (QED) is 0.538. The molecule has 0 bridgehead atoms.